The summed E-state index contributed by atoms with van der Waals surface area (Å²) in [6, 6.07) is 8.38. The fourth-order valence-corrected chi connectivity index (χ4v) is 3.78. The van der Waals surface area contributed by atoms with Crippen molar-refractivity contribution in [1.82, 2.24) is 16.0 Å². The SMILES string of the molecule is CCNC(=NCC(=O)NC(C)(C)C)NCC1(c2cccc(OC)c2)CCCC1.I. The molecule has 0 heterocycles. The highest BCUT2D eigenvalue weighted by molar-refractivity contribution is 14.0. The van der Waals surface area contributed by atoms with Crippen molar-refractivity contribution in [1.29, 1.82) is 0 Å². The lowest BCUT2D eigenvalue weighted by atomic mass is 9.78. The minimum Gasteiger partial charge on any atom is -0.497 e. The van der Waals surface area contributed by atoms with Gasteiger partial charge in [-0.3, -0.25) is 4.79 Å². The number of amides is 1. The number of carbonyl (C=O) groups is 1. The maximum atomic E-state index is 12.1. The minimum atomic E-state index is -0.251. The van der Waals surface area contributed by atoms with Crippen LogP contribution >= 0.6 is 24.0 Å². The van der Waals surface area contributed by atoms with Gasteiger partial charge in [0.2, 0.25) is 5.91 Å². The van der Waals surface area contributed by atoms with E-state index < -0.39 is 0 Å². The number of ether oxygens (including phenoxy) is 1. The maximum absolute atomic E-state index is 12.1. The Balaban J connectivity index is 0.00000420. The molecule has 0 bridgehead atoms. The normalized spacial score (nSPS) is 16.0. The van der Waals surface area contributed by atoms with Crippen molar-refractivity contribution in [3.63, 3.8) is 0 Å². The van der Waals surface area contributed by atoms with Crippen LogP contribution in [0.5, 0.6) is 5.75 Å². The fraction of sp³-hybridized carbons (Fsp3) is 0.636. The first-order chi connectivity index (χ1) is 13.3. The van der Waals surface area contributed by atoms with Crippen LogP contribution in [0.25, 0.3) is 0 Å². The molecule has 1 aliphatic rings. The molecule has 0 atom stereocenters. The molecule has 1 aromatic rings. The zero-order valence-corrected chi connectivity index (χ0v) is 20.8. The second kappa shape index (κ2) is 11.6. The van der Waals surface area contributed by atoms with E-state index in [4.69, 9.17) is 4.74 Å². The molecule has 0 unspecified atom stereocenters. The first-order valence-electron chi connectivity index (χ1n) is 10.3. The van der Waals surface area contributed by atoms with Gasteiger partial charge >= 0.3 is 0 Å². The molecular formula is C22H37IN4O2. The Morgan fingerprint density at radius 2 is 1.90 bits per heavy atom. The minimum absolute atomic E-state index is 0. The summed E-state index contributed by atoms with van der Waals surface area (Å²) in [6.07, 6.45) is 4.72. The van der Waals surface area contributed by atoms with Crippen LogP contribution in [0, 0.1) is 0 Å². The van der Waals surface area contributed by atoms with Gasteiger partial charge in [0, 0.05) is 24.0 Å². The molecule has 7 heteroatoms. The molecule has 0 aliphatic heterocycles. The zero-order chi connectivity index (χ0) is 20.6. The lowest BCUT2D eigenvalue weighted by molar-refractivity contribution is -0.121. The van der Waals surface area contributed by atoms with Gasteiger partial charge in [0.1, 0.15) is 12.3 Å². The van der Waals surface area contributed by atoms with Gasteiger partial charge in [-0.1, -0.05) is 25.0 Å². The topological polar surface area (TPSA) is 74.8 Å². The summed E-state index contributed by atoms with van der Waals surface area (Å²) in [5.74, 6) is 1.50. The molecule has 2 rings (SSSR count). The summed E-state index contributed by atoms with van der Waals surface area (Å²) in [7, 11) is 1.71. The molecule has 6 nitrogen and oxygen atoms in total. The van der Waals surface area contributed by atoms with Crippen molar-refractivity contribution in [2.24, 2.45) is 4.99 Å². The van der Waals surface area contributed by atoms with Gasteiger partial charge in [0.25, 0.3) is 0 Å². The second-order valence-electron chi connectivity index (χ2n) is 8.57. The standard InChI is InChI=1S/C22H36N4O2.HI/c1-6-23-20(24-15-19(27)26-21(2,3)4)25-16-22(12-7-8-13-22)17-10-9-11-18(14-17)28-5;/h9-11,14H,6-8,12-13,15-16H2,1-5H3,(H,26,27)(H2,23,24,25);1H. The third kappa shape index (κ3) is 8.03. The van der Waals surface area contributed by atoms with E-state index in [2.05, 4.69) is 39.1 Å². The Labute approximate surface area is 192 Å². The van der Waals surface area contributed by atoms with Crippen LogP contribution in [0.4, 0.5) is 0 Å². The van der Waals surface area contributed by atoms with E-state index in [1.54, 1.807) is 7.11 Å². The first kappa shape index (κ1) is 25.5. The van der Waals surface area contributed by atoms with Gasteiger partial charge in [0.05, 0.1) is 7.11 Å². The molecule has 0 spiro atoms. The van der Waals surface area contributed by atoms with Crippen molar-refractivity contribution in [2.75, 3.05) is 26.7 Å². The average molecular weight is 516 g/mol. The van der Waals surface area contributed by atoms with E-state index in [-0.39, 0.29) is 47.4 Å². The average Bonchev–Trinajstić information content (AvgIpc) is 3.13. The van der Waals surface area contributed by atoms with Crippen molar-refractivity contribution in [3.05, 3.63) is 29.8 Å². The Morgan fingerprint density at radius 1 is 1.21 bits per heavy atom. The third-order valence-electron chi connectivity index (χ3n) is 5.08. The number of benzene rings is 1. The Bertz CT molecular complexity index is 680. The summed E-state index contributed by atoms with van der Waals surface area (Å²) >= 11 is 0. The molecule has 3 N–H and O–H groups in total. The van der Waals surface area contributed by atoms with E-state index in [0.29, 0.717) is 5.96 Å². The van der Waals surface area contributed by atoms with Crippen LogP contribution in [0.15, 0.2) is 29.3 Å². The van der Waals surface area contributed by atoms with E-state index in [0.717, 1.165) is 31.7 Å². The molecule has 164 valence electrons. The number of rotatable bonds is 7. The van der Waals surface area contributed by atoms with Gasteiger partial charge in [-0.2, -0.15) is 0 Å². The highest BCUT2D eigenvalue weighted by atomic mass is 127. The quantitative estimate of drug-likeness (QED) is 0.294. The number of halogens is 1. The van der Waals surface area contributed by atoms with E-state index >= 15 is 0 Å². The highest BCUT2D eigenvalue weighted by Gasteiger charge is 2.36. The number of methoxy groups -OCH3 is 1. The summed E-state index contributed by atoms with van der Waals surface area (Å²) in [4.78, 5) is 16.6. The molecule has 0 aromatic heterocycles. The first-order valence-corrected chi connectivity index (χ1v) is 10.3. The molecule has 29 heavy (non-hydrogen) atoms. The van der Waals surface area contributed by atoms with E-state index in [1.165, 1.54) is 18.4 Å². The van der Waals surface area contributed by atoms with Gasteiger partial charge in [-0.25, -0.2) is 4.99 Å². The molecule has 1 amide bonds. The third-order valence-corrected chi connectivity index (χ3v) is 5.08. The van der Waals surface area contributed by atoms with E-state index in [1.807, 2.05) is 33.8 Å². The number of hydrogen-bond acceptors (Lipinski definition) is 3. The monoisotopic (exact) mass is 516 g/mol. The largest absolute Gasteiger partial charge is 0.497 e. The fourth-order valence-electron chi connectivity index (χ4n) is 3.78. The Hall–Kier alpha value is -1.51. The number of guanidine groups is 1. The van der Waals surface area contributed by atoms with Crippen LogP contribution in [0.2, 0.25) is 0 Å². The molecule has 0 radical (unpaired) electrons. The number of nitrogens with one attached hydrogen (secondary N) is 3. The summed E-state index contributed by atoms with van der Waals surface area (Å²) < 4.78 is 5.43. The van der Waals surface area contributed by atoms with Crippen LogP contribution in [0.3, 0.4) is 0 Å². The molecule has 0 saturated heterocycles. The molecule has 1 saturated carbocycles. The maximum Gasteiger partial charge on any atom is 0.242 e. The number of nitrogens with zero attached hydrogens (tertiary/aromatic N) is 1. The lowest BCUT2D eigenvalue weighted by Crippen LogP contribution is -2.46. The van der Waals surface area contributed by atoms with Gasteiger partial charge in [-0.15, -0.1) is 24.0 Å². The number of aliphatic imine (C=N–C) groups is 1. The Kier molecular flexibility index (Phi) is 10.2. The van der Waals surface area contributed by atoms with Gasteiger partial charge in [-0.05, 0) is 58.2 Å². The smallest absolute Gasteiger partial charge is 0.242 e. The molecule has 1 aliphatic carbocycles. The molecular weight excluding hydrogens is 479 g/mol. The van der Waals surface area contributed by atoms with Crippen LogP contribution < -0.4 is 20.7 Å². The predicted molar refractivity (Wildman–Crippen MR) is 130 cm³/mol. The lowest BCUT2D eigenvalue weighted by Gasteiger charge is -2.31. The van der Waals surface area contributed by atoms with Gasteiger partial charge in [0.15, 0.2) is 5.96 Å². The van der Waals surface area contributed by atoms with Gasteiger partial charge < -0.3 is 20.7 Å². The predicted octanol–water partition coefficient (Wildman–Crippen LogP) is 3.59. The molecule has 1 fully saturated rings. The van der Waals surface area contributed by atoms with Crippen LogP contribution in [0.1, 0.15) is 58.9 Å². The van der Waals surface area contributed by atoms with Crippen molar-refractivity contribution in [2.45, 2.75) is 64.3 Å². The van der Waals surface area contributed by atoms with Crippen molar-refractivity contribution >= 4 is 35.8 Å². The summed E-state index contributed by atoms with van der Waals surface area (Å²) in [5, 5.41) is 9.67. The molecule has 1 aromatic carbocycles. The Morgan fingerprint density at radius 3 is 2.48 bits per heavy atom. The highest BCUT2D eigenvalue weighted by Crippen LogP contribution is 2.41. The number of hydrogen-bond donors (Lipinski definition) is 3. The summed E-state index contributed by atoms with van der Waals surface area (Å²) in [6.45, 7) is 9.58. The number of carbonyl (C=O) groups excluding carboxylic acids is 1. The zero-order valence-electron chi connectivity index (χ0n) is 18.4. The second-order valence-corrected chi connectivity index (χ2v) is 8.57. The van der Waals surface area contributed by atoms with Crippen molar-refractivity contribution < 1.29 is 9.53 Å². The van der Waals surface area contributed by atoms with Crippen LogP contribution in [-0.2, 0) is 10.2 Å². The summed E-state index contributed by atoms with van der Waals surface area (Å²) in [5.41, 5.74) is 1.12. The van der Waals surface area contributed by atoms with E-state index in [9.17, 15) is 4.79 Å². The van der Waals surface area contributed by atoms with Crippen LogP contribution in [-0.4, -0.2) is 44.1 Å². The van der Waals surface area contributed by atoms with Crippen molar-refractivity contribution in [3.8, 4) is 5.75 Å².